The Morgan fingerprint density at radius 3 is 2.73 bits per heavy atom. The van der Waals surface area contributed by atoms with Gasteiger partial charge in [0.15, 0.2) is 5.13 Å². The van der Waals surface area contributed by atoms with E-state index in [9.17, 15) is 4.79 Å². The number of carbonyl (C=O) groups is 1. The van der Waals surface area contributed by atoms with Gasteiger partial charge in [-0.2, -0.15) is 0 Å². The van der Waals surface area contributed by atoms with Gasteiger partial charge in [0.05, 0.1) is 0 Å². The molecule has 0 radical (unpaired) electrons. The highest BCUT2D eigenvalue weighted by Crippen LogP contribution is 2.21. The topological polar surface area (TPSA) is 54.9 Å². The van der Waals surface area contributed by atoms with E-state index in [4.69, 9.17) is 0 Å². The van der Waals surface area contributed by atoms with Gasteiger partial charge in [0, 0.05) is 23.2 Å². The van der Waals surface area contributed by atoms with Crippen molar-refractivity contribution in [2.24, 2.45) is 0 Å². The van der Waals surface area contributed by atoms with Gasteiger partial charge in [0.1, 0.15) is 5.69 Å². The van der Waals surface area contributed by atoms with Gasteiger partial charge >= 0.3 is 0 Å². The first-order valence-electron chi connectivity index (χ1n) is 6.94. The Hall–Kier alpha value is -2.53. The standard InChI is InChI=1S/C17H15N3OS/c1-12-6-5-9-15(19-12)16(21)20-17-18-11-14(22-17)10-13-7-3-2-4-8-13/h2-9,11H,10H2,1H3,(H,18,20,21). The molecule has 1 amide bonds. The summed E-state index contributed by atoms with van der Waals surface area (Å²) in [4.78, 5) is 21.7. The first kappa shape index (κ1) is 14.4. The van der Waals surface area contributed by atoms with Crippen molar-refractivity contribution in [1.29, 1.82) is 0 Å². The highest BCUT2D eigenvalue weighted by molar-refractivity contribution is 7.15. The second kappa shape index (κ2) is 6.49. The van der Waals surface area contributed by atoms with Crippen molar-refractivity contribution in [3.05, 3.63) is 76.6 Å². The van der Waals surface area contributed by atoms with E-state index in [1.807, 2.05) is 37.3 Å². The molecule has 0 saturated carbocycles. The van der Waals surface area contributed by atoms with E-state index < -0.39 is 0 Å². The van der Waals surface area contributed by atoms with Gasteiger partial charge in [0.25, 0.3) is 5.91 Å². The molecule has 0 saturated heterocycles. The molecule has 3 aromatic rings. The average Bonchev–Trinajstić information content (AvgIpc) is 2.95. The third-order valence-electron chi connectivity index (χ3n) is 3.12. The molecule has 5 heteroatoms. The smallest absolute Gasteiger partial charge is 0.276 e. The fourth-order valence-electron chi connectivity index (χ4n) is 2.07. The molecule has 110 valence electrons. The fraction of sp³-hybridized carbons (Fsp3) is 0.118. The molecule has 0 aliphatic heterocycles. The highest BCUT2D eigenvalue weighted by Gasteiger charge is 2.10. The van der Waals surface area contributed by atoms with Crippen molar-refractivity contribution in [3.8, 4) is 0 Å². The van der Waals surface area contributed by atoms with Crippen LogP contribution in [0.2, 0.25) is 0 Å². The minimum absolute atomic E-state index is 0.232. The number of hydrogen-bond acceptors (Lipinski definition) is 4. The average molecular weight is 309 g/mol. The predicted octanol–water partition coefficient (Wildman–Crippen LogP) is 3.69. The Bertz CT molecular complexity index is 783. The summed E-state index contributed by atoms with van der Waals surface area (Å²) in [6.07, 6.45) is 2.62. The molecular formula is C17H15N3OS. The predicted molar refractivity (Wildman–Crippen MR) is 88.3 cm³/mol. The van der Waals surface area contributed by atoms with Crippen LogP contribution < -0.4 is 5.32 Å². The monoisotopic (exact) mass is 309 g/mol. The molecule has 1 N–H and O–H groups in total. The minimum atomic E-state index is -0.232. The van der Waals surface area contributed by atoms with Gasteiger partial charge in [-0.1, -0.05) is 36.4 Å². The number of amides is 1. The van der Waals surface area contributed by atoms with E-state index in [0.717, 1.165) is 17.0 Å². The van der Waals surface area contributed by atoms with Gasteiger partial charge in [0.2, 0.25) is 0 Å². The number of anilines is 1. The lowest BCUT2D eigenvalue weighted by Crippen LogP contribution is -2.13. The summed E-state index contributed by atoms with van der Waals surface area (Å²) < 4.78 is 0. The molecule has 1 aromatic carbocycles. The number of pyridine rings is 1. The zero-order chi connectivity index (χ0) is 15.4. The lowest BCUT2D eigenvalue weighted by atomic mass is 10.1. The molecule has 0 unspecified atom stereocenters. The normalized spacial score (nSPS) is 10.4. The minimum Gasteiger partial charge on any atom is -0.296 e. The Labute approximate surface area is 132 Å². The van der Waals surface area contributed by atoms with E-state index in [1.165, 1.54) is 16.9 Å². The maximum Gasteiger partial charge on any atom is 0.276 e. The number of rotatable bonds is 4. The van der Waals surface area contributed by atoms with E-state index in [1.54, 1.807) is 12.3 Å². The zero-order valence-electron chi connectivity index (χ0n) is 12.1. The van der Waals surface area contributed by atoms with Crippen LogP contribution in [-0.2, 0) is 6.42 Å². The summed E-state index contributed by atoms with van der Waals surface area (Å²) in [5.74, 6) is -0.232. The van der Waals surface area contributed by atoms with Gasteiger partial charge in [-0.05, 0) is 24.6 Å². The molecule has 2 aromatic heterocycles. The number of hydrogen-bond donors (Lipinski definition) is 1. The maximum absolute atomic E-state index is 12.1. The molecule has 4 nitrogen and oxygen atoms in total. The van der Waals surface area contributed by atoms with Crippen LogP contribution in [0.25, 0.3) is 0 Å². The number of carbonyl (C=O) groups excluding carboxylic acids is 1. The SMILES string of the molecule is Cc1cccc(C(=O)Nc2ncc(Cc3ccccc3)s2)n1. The van der Waals surface area contributed by atoms with Crippen molar-refractivity contribution >= 4 is 22.4 Å². The third-order valence-corrected chi connectivity index (χ3v) is 4.03. The fourth-order valence-corrected chi connectivity index (χ4v) is 2.92. The third kappa shape index (κ3) is 3.56. The Balaban J connectivity index is 1.68. The first-order valence-corrected chi connectivity index (χ1v) is 7.76. The molecule has 3 rings (SSSR count). The second-order valence-corrected chi connectivity index (χ2v) is 6.03. The van der Waals surface area contributed by atoms with Crippen molar-refractivity contribution in [2.45, 2.75) is 13.3 Å². The van der Waals surface area contributed by atoms with Gasteiger partial charge in [-0.15, -0.1) is 11.3 Å². The lowest BCUT2D eigenvalue weighted by Gasteiger charge is -2.01. The molecule has 0 aliphatic rings. The Morgan fingerprint density at radius 2 is 1.95 bits per heavy atom. The molecule has 0 spiro atoms. The summed E-state index contributed by atoms with van der Waals surface area (Å²) in [6.45, 7) is 1.86. The van der Waals surface area contributed by atoms with Crippen LogP contribution >= 0.6 is 11.3 Å². The quantitative estimate of drug-likeness (QED) is 0.799. The number of nitrogens with one attached hydrogen (secondary N) is 1. The van der Waals surface area contributed by atoms with Crippen LogP contribution in [0.1, 0.15) is 26.6 Å². The summed E-state index contributed by atoms with van der Waals surface area (Å²) in [5.41, 5.74) is 2.45. The van der Waals surface area contributed by atoms with Crippen LogP contribution in [0.5, 0.6) is 0 Å². The highest BCUT2D eigenvalue weighted by atomic mass is 32.1. The number of nitrogens with zero attached hydrogens (tertiary/aromatic N) is 2. The van der Waals surface area contributed by atoms with Gasteiger partial charge in [-0.3, -0.25) is 10.1 Å². The van der Waals surface area contributed by atoms with E-state index in [-0.39, 0.29) is 5.91 Å². The summed E-state index contributed by atoms with van der Waals surface area (Å²) >= 11 is 1.48. The molecule has 0 bridgehead atoms. The van der Waals surface area contributed by atoms with Crippen molar-refractivity contribution in [1.82, 2.24) is 9.97 Å². The summed E-state index contributed by atoms with van der Waals surface area (Å²) in [5, 5.41) is 3.39. The van der Waals surface area contributed by atoms with E-state index in [0.29, 0.717) is 10.8 Å². The second-order valence-electron chi connectivity index (χ2n) is 4.91. The molecule has 2 heterocycles. The van der Waals surface area contributed by atoms with Crippen LogP contribution in [-0.4, -0.2) is 15.9 Å². The van der Waals surface area contributed by atoms with Crippen molar-refractivity contribution < 1.29 is 4.79 Å². The van der Waals surface area contributed by atoms with Crippen LogP contribution in [0.4, 0.5) is 5.13 Å². The van der Waals surface area contributed by atoms with E-state index >= 15 is 0 Å². The largest absolute Gasteiger partial charge is 0.296 e. The van der Waals surface area contributed by atoms with Crippen molar-refractivity contribution in [2.75, 3.05) is 5.32 Å². The molecule has 22 heavy (non-hydrogen) atoms. The summed E-state index contributed by atoms with van der Waals surface area (Å²) in [6, 6.07) is 15.6. The Morgan fingerprint density at radius 1 is 1.14 bits per heavy atom. The lowest BCUT2D eigenvalue weighted by molar-refractivity contribution is 0.102. The molecular weight excluding hydrogens is 294 g/mol. The van der Waals surface area contributed by atoms with Crippen LogP contribution in [0.3, 0.4) is 0 Å². The van der Waals surface area contributed by atoms with Crippen molar-refractivity contribution in [3.63, 3.8) is 0 Å². The number of aromatic nitrogens is 2. The molecule has 0 aliphatic carbocycles. The summed E-state index contributed by atoms with van der Waals surface area (Å²) in [7, 11) is 0. The zero-order valence-corrected chi connectivity index (χ0v) is 12.9. The molecule has 0 fully saturated rings. The first-order chi connectivity index (χ1) is 10.7. The number of benzene rings is 1. The van der Waals surface area contributed by atoms with Crippen LogP contribution in [0, 0.1) is 6.92 Å². The number of thiazole rings is 1. The van der Waals surface area contributed by atoms with Crippen LogP contribution in [0.15, 0.2) is 54.7 Å². The van der Waals surface area contributed by atoms with Gasteiger partial charge < -0.3 is 0 Å². The molecule has 0 atom stereocenters. The Kier molecular flexibility index (Phi) is 4.25. The van der Waals surface area contributed by atoms with Gasteiger partial charge in [-0.25, -0.2) is 9.97 Å². The number of aryl methyl sites for hydroxylation is 1. The maximum atomic E-state index is 12.1. The van der Waals surface area contributed by atoms with E-state index in [2.05, 4.69) is 27.4 Å².